The maximum atomic E-state index is 13.1. The Morgan fingerprint density at radius 3 is 2.15 bits per heavy atom. The zero-order chi connectivity index (χ0) is 15.3. The minimum Gasteiger partial charge on any atom is -0.468 e. The van der Waals surface area contributed by atoms with E-state index in [1.165, 1.54) is 24.3 Å². The number of carbonyl (C=O) groups is 2. The Morgan fingerprint density at radius 1 is 1.20 bits per heavy atom. The van der Waals surface area contributed by atoms with Crippen molar-refractivity contribution in [3.8, 4) is 0 Å². The van der Waals surface area contributed by atoms with Crippen LogP contribution in [0.4, 0.5) is 13.2 Å². The number of ether oxygens (including phenoxy) is 1. The van der Waals surface area contributed by atoms with E-state index in [1.807, 2.05) is 0 Å². The van der Waals surface area contributed by atoms with Gasteiger partial charge in [0.1, 0.15) is 0 Å². The lowest BCUT2D eigenvalue weighted by atomic mass is 9.92. The molecule has 1 aromatic rings. The summed E-state index contributed by atoms with van der Waals surface area (Å²) >= 11 is 0. The van der Waals surface area contributed by atoms with E-state index in [0.29, 0.717) is 0 Å². The molecule has 0 fully saturated rings. The van der Waals surface area contributed by atoms with E-state index in [2.05, 4.69) is 10.1 Å². The van der Waals surface area contributed by atoms with Crippen molar-refractivity contribution in [1.29, 1.82) is 0 Å². The molecule has 0 saturated carbocycles. The average Bonchev–Trinajstić information content (AvgIpc) is 2.36. The number of amides is 1. The average molecular weight is 289 g/mol. The summed E-state index contributed by atoms with van der Waals surface area (Å²) < 4.78 is 43.5. The first-order chi connectivity index (χ1) is 9.27. The van der Waals surface area contributed by atoms with Crippen LogP contribution in [-0.4, -0.2) is 25.2 Å². The number of benzene rings is 1. The molecule has 0 aliphatic heterocycles. The van der Waals surface area contributed by atoms with Crippen molar-refractivity contribution in [3.05, 3.63) is 35.9 Å². The number of alkyl halides is 3. The Labute approximate surface area is 113 Å². The van der Waals surface area contributed by atoms with Gasteiger partial charge in [0.25, 0.3) is 0 Å². The minimum absolute atomic E-state index is 0.176. The van der Waals surface area contributed by atoms with Gasteiger partial charge in [0.15, 0.2) is 5.92 Å². The Morgan fingerprint density at radius 2 is 1.75 bits per heavy atom. The summed E-state index contributed by atoms with van der Waals surface area (Å²) in [5.41, 5.74) is 0.176. The van der Waals surface area contributed by atoms with E-state index >= 15 is 0 Å². The summed E-state index contributed by atoms with van der Waals surface area (Å²) in [5.74, 6) is -4.57. The SMILES string of the molecule is COC(=O)[C@@H]([C@H](NC(C)=O)c1ccccc1)C(F)(F)F. The van der Waals surface area contributed by atoms with Gasteiger partial charge in [-0.2, -0.15) is 13.2 Å². The molecule has 0 saturated heterocycles. The molecule has 1 amide bonds. The van der Waals surface area contributed by atoms with Gasteiger partial charge in [-0.1, -0.05) is 30.3 Å². The molecule has 4 nitrogen and oxygen atoms in total. The highest BCUT2D eigenvalue weighted by molar-refractivity contribution is 5.78. The van der Waals surface area contributed by atoms with Crippen LogP contribution >= 0.6 is 0 Å². The highest BCUT2D eigenvalue weighted by atomic mass is 19.4. The fourth-order valence-electron chi connectivity index (χ4n) is 1.82. The van der Waals surface area contributed by atoms with Gasteiger partial charge in [-0.15, -0.1) is 0 Å². The number of nitrogens with one attached hydrogen (secondary N) is 1. The van der Waals surface area contributed by atoms with Crippen molar-refractivity contribution >= 4 is 11.9 Å². The third-order valence-corrected chi connectivity index (χ3v) is 2.66. The summed E-state index contributed by atoms with van der Waals surface area (Å²) in [6.07, 6.45) is -4.84. The van der Waals surface area contributed by atoms with E-state index in [0.717, 1.165) is 14.0 Å². The monoisotopic (exact) mass is 289 g/mol. The largest absolute Gasteiger partial charge is 0.468 e. The molecule has 0 aromatic heterocycles. The van der Waals surface area contributed by atoms with E-state index < -0.39 is 30.0 Å². The smallest absolute Gasteiger partial charge is 0.404 e. The van der Waals surface area contributed by atoms with E-state index in [-0.39, 0.29) is 5.56 Å². The molecular formula is C13H14F3NO3. The molecule has 0 aliphatic rings. The Balaban J connectivity index is 3.25. The maximum absolute atomic E-state index is 13.1. The highest BCUT2D eigenvalue weighted by Gasteiger charge is 2.51. The number of hydrogen-bond acceptors (Lipinski definition) is 3. The topological polar surface area (TPSA) is 55.4 Å². The van der Waals surface area contributed by atoms with Crippen LogP contribution in [0.3, 0.4) is 0 Å². The number of rotatable bonds is 4. The van der Waals surface area contributed by atoms with Gasteiger partial charge >= 0.3 is 12.1 Å². The first-order valence-electron chi connectivity index (χ1n) is 5.74. The fraction of sp³-hybridized carbons (Fsp3) is 0.385. The van der Waals surface area contributed by atoms with Crippen molar-refractivity contribution in [2.75, 3.05) is 7.11 Å². The van der Waals surface area contributed by atoms with Gasteiger partial charge in [0.05, 0.1) is 13.2 Å². The molecule has 0 spiro atoms. The van der Waals surface area contributed by atoms with E-state index in [9.17, 15) is 22.8 Å². The number of halogens is 3. The molecule has 1 N–H and O–H groups in total. The minimum atomic E-state index is -4.84. The van der Waals surface area contributed by atoms with Crippen molar-refractivity contribution in [1.82, 2.24) is 5.32 Å². The number of methoxy groups -OCH3 is 1. The van der Waals surface area contributed by atoms with Crippen molar-refractivity contribution in [2.24, 2.45) is 5.92 Å². The van der Waals surface area contributed by atoms with E-state index in [4.69, 9.17) is 0 Å². The lowest BCUT2D eigenvalue weighted by Crippen LogP contribution is -2.44. The molecule has 110 valence electrons. The summed E-state index contributed by atoms with van der Waals surface area (Å²) in [6.45, 7) is 1.08. The normalized spacial score (nSPS) is 14.2. The molecule has 20 heavy (non-hydrogen) atoms. The predicted octanol–water partition coefficient (Wildman–Crippen LogP) is 2.22. The van der Waals surface area contributed by atoms with Gasteiger partial charge in [0, 0.05) is 6.92 Å². The molecule has 1 aromatic carbocycles. The first kappa shape index (κ1) is 16.0. The van der Waals surface area contributed by atoms with Gasteiger partial charge in [0.2, 0.25) is 5.91 Å². The predicted molar refractivity (Wildman–Crippen MR) is 64.6 cm³/mol. The van der Waals surface area contributed by atoms with Crippen LogP contribution < -0.4 is 5.32 Å². The Bertz CT molecular complexity index is 473. The Hall–Kier alpha value is -2.05. The van der Waals surface area contributed by atoms with Crippen LogP contribution in [0.15, 0.2) is 30.3 Å². The van der Waals surface area contributed by atoms with E-state index in [1.54, 1.807) is 6.07 Å². The second-order valence-electron chi connectivity index (χ2n) is 4.13. The lowest BCUT2D eigenvalue weighted by molar-refractivity contribution is -0.201. The van der Waals surface area contributed by atoms with Gasteiger partial charge in [-0.3, -0.25) is 9.59 Å². The van der Waals surface area contributed by atoms with Gasteiger partial charge in [-0.05, 0) is 5.56 Å². The number of hydrogen-bond donors (Lipinski definition) is 1. The van der Waals surface area contributed by atoms with Crippen LogP contribution in [0.1, 0.15) is 18.5 Å². The third-order valence-electron chi connectivity index (χ3n) is 2.66. The second kappa shape index (κ2) is 6.40. The van der Waals surface area contributed by atoms with Crippen molar-refractivity contribution < 1.29 is 27.5 Å². The molecule has 0 unspecified atom stereocenters. The highest BCUT2D eigenvalue weighted by Crippen LogP contribution is 2.37. The van der Waals surface area contributed by atoms with Crippen LogP contribution in [-0.2, 0) is 14.3 Å². The molecule has 0 aliphatic carbocycles. The van der Waals surface area contributed by atoms with Crippen LogP contribution in [0.5, 0.6) is 0 Å². The zero-order valence-electron chi connectivity index (χ0n) is 10.9. The Kier molecular flexibility index (Phi) is 5.12. The lowest BCUT2D eigenvalue weighted by Gasteiger charge is -2.27. The second-order valence-corrected chi connectivity index (χ2v) is 4.13. The first-order valence-corrected chi connectivity index (χ1v) is 5.74. The molecule has 0 bridgehead atoms. The molecular weight excluding hydrogens is 275 g/mol. The molecule has 1 rings (SSSR count). The fourth-order valence-corrected chi connectivity index (χ4v) is 1.82. The molecule has 7 heteroatoms. The quantitative estimate of drug-likeness (QED) is 0.865. The van der Waals surface area contributed by atoms with Crippen molar-refractivity contribution in [2.45, 2.75) is 19.1 Å². The summed E-state index contributed by atoms with van der Waals surface area (Å²) in [6, 6.07) is 5.95. The number of carbonyl (C=O) groups excluding carboxylic acids is 2. The maximum Gasteiger partial charge on any atom is 0.404 e. The zero-order valence-corrected chi connectivity index (χ0v) is 10.9. The van der Waals surface area contributed by atoms with Gasteiger partial charge < -0.3 is 10.1 Å². The van der Waals surface area contributed by atoms with Crippen LogP contribution in [0.2, 0.25) is 0 Å². The summed E-state index contributed by atoms with van der Waals surface area (Å²) in [4.78, 5) is 22.6. The number of esters is 1. The summed E-state index contributed by atoms with van der Waals surface area (Å²) in [5, 5.41) is 2.16. The van der Waals surface area contributed by atoms with Crippen LogP contribution in [0.25, 0.3) is 0 Å². The van der Waals surface area contributed by atoms with Crippen molar-refractivity contribution in [3.63, 3.8) is 0 Å². The molecule has 0 heterocycles. The van der Waals surface area contributed by atoms with Crippen LogP contribution in [0, 0.1) is 5.92 Å². The van der Waals surface area contributed by atoms with Gasteiger partial charge in [-0.25, -0.2) is 0 Å². The third kappa shape index (κ3) is 3.97. The summed E-state index contributed by atoms with van der Waals surface area (Å²) in [7, 11) is 0.872. The molecule has 0 radical (unpaired) electrons. The molecule has 2 atom stereocenters. The standard InChI is InChI=1S/C13H14F3NO3/c1-8(18)17-11(9-6-4-3-5-7-9)10(12(19)20-2)13(14,15)16/h3-7,10-11H,1-2H3,(H,17,18)/t10-,11-/m1/s1.